The van der Waals surface area contributed by atoms with E-state index in [2.05, 4.69) is 6.92 Å². The molecule has 5 heteroatoms. The highest BCUT2D eigenvalue weighted by Crippen LogP contribution is 2.13. The Balaban J connectivity index is 2.57. The molecule has 5 nitrogen and oxygen atoms in total. The molecule has 21 heavy (non-hydrogen) atoms. The van der Waals surface area contributed by atoms with E-state index in [4.69, 9.17) is 9.15 Å². The van der Waals surface area contributed by atoms with Crippen LogP contribution in [0, 0.1) is 6.92 Å². The number of aryl methyl sites for hydroxylation is 1. The molecule has 1 aromatic carbocycles. The van der Waals surface area contributed by atoms with E-state index in [-0.39, 0.29) is 5.56 Å². The van der Waals surface area contributed by atoms with Crippen molar-refractivity contribution in [2.45, 2.75) is 33.1 Å². The Bertz CT molecular complexity index is 725. The molecule has 0 atom stereocenters. The van der Waals surface area contributed by atoms with Crippen LogP contribution in [0.5, 0.6) is 5.75 Å². The second-order valence-corrected chi connectivity index (χ2v) is 4.84. The first-order chi connectivity index (χ1) is 10.1. The van der Waals surface area contributed by atoms with E-state index < -0.39 is 5.76 Å². The predicted molar refractivity (Wildman–Crippen MR) is 80.5 cm³/mol. The summed E-state index contributed by atoms with van der Waals surface area (Å²) in [6.45, 7) is 3.71. The van der Waals surface area contributed by atoms with Crippen LogP contribution in [0.4, 0.5) is 0 Å². The summed E-state index contributed by atoms with van der Waals surface area (Å²) in [5.41, 5.74) is 0.738. The maximum Gasteiger partial charge on any atom is 0.426 e. The quantitative estimate of drug-likeness (QED) is 0.848. The van der Waals surface area contributed by atoms with Crippen molar-refractivity contribution in [2.75, 3.05) is 7.11 Å². The number of ether oxygens (including phenoxy) is 1. The van der Waals surface area contributed by atoms with Crippen molar-refractivity contribution < 1.29 is 9.15 Å². The lowest BCUT2D eigenvalue weighted by Gasteiger charge is -2.09. The van der Waals surface area contributed by atoms with Crippen LogP contribution >= 0.6 is 0 Å². The molecule has 0 aliphatic carbocycles. The van der Waals surface area contributed by atoms with Gasteiger partial charge in [0.15, 0.2) is 0 Å². The van der Waals surface area contributed by atoms with Gasteiger partial charge in [0, 0.05) is 0 Å². The van der Waals surface area contributed by atoms with Crippen molar-refractivity contribution in [1.82, 2.24) is 4.57 Å². The number of benzene rings is 1. The molecule has 112 valence electrons. The summed E-state index contributed by atoms with van der Waals surface area (Å²) < 4.78 is 11.3. The fraction of sp³-hybridized carbons (Fsp3) is 0.375. The lowest BCUT2D eigenvalue weighted by Crippen LogP contribution is -2.34. The molecule has 0 spiro atoms. The zero-order valence-electron chi connectivity index (χ0n) is 12.5. The first kappa shape index (κ1) is 15.1. The first-order valence-electron chi connectivity index (χ1n) is 6.98. The maximum atomic E-state index is 12.5. The number of unbranched alkanes of at least 4 members (excludes halogenated alkanes) is 1. The van der Waals surface area contributed by atoms with Gasteiger partial charge in [0.05, 0.1) is 18.4 Å². The number of rotatable bonds is 5. The van der Waals surface area contributed by atoms with Gasteiger partial charge >= 0.3 is 5.76 Å². The zero-order chi connectivity index (χ0) is 15.4. The summed E-state index contributed by atoms with van der Waals surface area (Å²) in [6, 6.07) is 6.73. The van der Waals surface area contributed by atoms with Crippen LogP contribution < -0.4 is 16.1 Å². The van der Waals surface area contributed by atoms with Gasteiger partial charge in [-0.3, -0.25) is 4.79 Å². The molecule has 0 saturated heterocycles. The van der Waals surface area contributed by atoms with Gasteiger partial charge in [-0.2, -0.15) is 0 Å². The second-order valence-electron chi connectivity index (χ2n) is 4.84. The van der Waals surface area contributed by atoms with Crippen LogP contribution in [0.2, 0.25) is 0 Å². The third-order valence-electron chi connectivity index (χ3n) is 3.42. The highest BCUT2D eigenvalue weighted by Gasteiger charge is 2.14. The average molecular weight is 289 g/mol. The molecule has 0 unspecified atom stereocenters. The van der Waals surface area contributed by atoms with Gasteiger partial charge in [0.25, 0.3) is 5.56 Å². The van der Waals surface area contributed by atoms with Gasteiger partial charge in [-0.25, -0.2) is 9.36 Å². The van der Waals surface area contributed by atoms with Crippen molar-refractivity contribution in [3.8, 4) is 11.4 Å². The Morgan fingerprint density at radius 3 is 2.43 bits per heavy atom. The number of hydrogen-bond donors (Lipinski definition) is 0. The number of aromatic nitrogens is 1. The largest absolute Gasteiger partial charge is 0.497 e. The molecule has 0 saturated carbocycles. The summed E-state index contributed by atoms with van der Waals surface area (Å²) in [6.07, 6.45) is 2.47. The molecule has 1 heterocycles. The molecule has 0 amide bonds. The van der Waals surface area contributed by atoms with Gasteiger partial charge < -0.3 is 9.15 Å². The van der Waals surface area contributed by atoms with E-state index in [9.17, 15) is 9.59 Å². The molecular weight excluding hydrogens is 270 g/mol. The molecule has 2 rings (SSSR count). The highest BCUT2D eigenvalue weighted by atomic mass is 16.5. The van der Waals surface area contributed by atoms with Crippen molar-refractivity contribution in [3.63, 3.8) is 0 Å². The Labute approximate surface area is 122 Å². The van der Waals surface area contributed by atoms with Crippen LogP contribution in [-0.2, 0) is 6.42 Å². The van der Waals surface area contributed by atoms with E-state index in [0.717, 1.165) is 17.4 Å². The van der Waals surface area contributed by atoms with Crippen LogP contribution in [0.3, 0.4) is 0 Å². The van der Waals surface area contributed by atoms with E-state index in [0.29, 0.717) is 29.2 Å². The van der Waals surface area contributed by atoms with Crippen LogP contribution in [0.25, 0.3) is 5.69 Å². The number of hydrogen-bond acceptors (Lipinski definition) is 4. The number of methoxy groups -OCH3 is 1. The van der Waals surface area contributed by atoms with Gasteiger partial charge in [-0.05, 0) is 44.0 Å². The fourth-order valence-corrected chi connectivity index (χ4v) is 2.20. The molecule has 2 aromatic rings. The van der Waals surface area contributed by atoms with E-state index in [1.807, 2.05) is 0 Å². The Hall–Kier alpha value is -2.30. The van der Waals surface area contributed by atoms with Gasteiger partial charge in [0.2, 0.25) is 0 Å². The standard InChI is InChI=1S/C16H19NO4/c1-4-5-6-14-11(2)21-16(19)17(15(14)18)12-7-9-13(20-3)10-8-12/h7-10H,4-6H2,1-3H3. The van der Waals surface area contributed by atoms with Crippen molar-refractivity contribution >= 4 is 0 Å². The molecule has 0 bridgehead atoms. The first-order valence-corrected chi connectivity index (χ1v) is 6.98. The molecule has 0 fully saturated rings. The minimum Gasteiger partial charge on any atom is -0.497 e. The lowest BCUT2D eigenvalue weighted by molar-refractivity contribution is 0.413. The third-order valence-corrected chi connectivity index (χ3v) is 3.42. The fourth-order valence-electron chi connectivity index (χ4n) is 2.20. The van der Waals surface area contributed by atoms with Crippen molar-refractivity contribution in [2.24, 2.45) is 0 Å². The normalized spacial score (nSPS) is 10.6. The maximum absolute atomic E-state index is 12.5. The van der Waals surface area contributed by atoms with Gasteiger partial charge in [-0.1, -0.05) is 13.3 Å². The molecule has 0 aliphatic rings. The predicted octanol–water partition coefficient (Wildman–Crippen LogP) is 2.45. The van der Waals surface area contributed by atoms with Gasteiger partial charge in [-0.15, -0.1) is 0 Å². The topological polar surface area (TPSA) is 61.4 Å². The molecule has 0 aliphatic heterocycles. The van der Waals surface area contributed by atoms with Crippen LogP contribution in [0.15, 0.2) is 38.3 Å². The minimum atomic E-state index is -0.664. The van der Waals surface area contributed by atoms with Crippen molar-refractivity contribution in [1.29, 1.82) is 0 Å². The molecule has 0 radical (unpaired) electrons. The smallest absolute Gasteiger partial charge is 0.426 e. The van der Waals surface area contributed by atoms with E-state index >= 15 is 0 Å². The third kappa shape index (κ3) is 3.07. The Kier molecular flexibility index (Phi) is 4.62. The van der Waals surface area contributed by atoms with E-state index in [1.54, 1.807) is 38.3 Å². The Morgan fingerprint density at radius 1 is 1.19 bits per heavy atom. The second kappa shape index (κ2) is 6.43. The SMILES string of the molecule is CCCCc1c(C)oc(=O)n(-c2ccc(OC)cc2)c1=O. The summed E-state index contributed by atoms with van der Waals surface area (Å²) in [7, 11) is 1.56. The summed E-state index contributed by atoms with van der Waals surface area (Å²) in [4.78, 5) is 24.5. The van der Waals surface area contributed by atoms with E-state index in [1.165, 1.54) is 0 Å². The minimum absolute atomic E-state index is 0.303. The highest BCUT2D eigenvalue weighted by molar-refractivity contribution is 5.37. The molecule has 0 N–H and O–H groups in total. The monoisotopic (exact) mass is 289 g/mol. The lowest BCUT2D eigenvalue weighted by atomic mass is 10.1. The Morgan fingerprint density at radius 2 is 1.86 bits per heavy atom. The summed E-state index contributed by atoms with van der Waals surface area (Å²) in [5, 5.41) is 0. The van der Waals surface area contributed by atoms with Crippen LogP contribution in [0.1, 0.15) is 31.1 Å². The molecular formula is C16H19NO4. The molecule has 1 aromatic heterocycles. The summed E-state index contributed by atoms with van der Waals surface area (Å²) >= 11 is 0. The summed E-state index contributed by atoms with van der Waals surface area (Å²) in [5.74, 6) is 0.403. The number of nitrogens with zero attached hydrogens (tertiary/aromatic N) is 1. The van der Waals surface area contributed by atoms with Crippen LogP contribution in [-0.4, -0.2) is 11.7 Å². The van der Waals surface area contributed by atoms with Crippen molar-refractivity contribution in [3.05, 3.63) is 56.5 Å². The van der Waals surface area contributed by atoms with Gasteiger partial charge in [0.1, 0.15) is 11.5 Å². The average Bonchev–Trinajstić information content (AvgIpc) is 2.47. The zero-order valence-corrected chi connectivity index (χ0v) is 12.5.